The van der Waals surface area contributed by atoms with Crippen molar-refractivity contribution >= 4 is 12.2 Å². The average molecular weight is 367 g/mol. The summed E-state index contributed by atoms with van der Waals surface area (Å²) in [6.45, 7) is 2.17. The van der Waals surface area contributed by atoms with Crippen LogP contribution in [-0.4, -0.2) is 48.5 Å². The zero-order chi connectivity index (χ0) is 17.9. The maximum atomic E-state index is 9.93. The minimum absolute atomic E-state index is 0.271. The van der Waals surface area contributed by atoms with Crippen LogP contribution in [0.1, 0.15) is 12.8 Å². The number of hydrogen-bond acceptors (Lipinski definition) is 5. The summed E-state index contributed by atoms with van der Waals surface area (Å²) in [6.07, 6.45) is 5.12. The van der Waals surface area contributed by atoms with E-state index in [1.165, 1.54) is 0 Å². The van der Waals surface area contributed by atoms with Gasteiger partial charge in [0.15, 0.2) is 5.82 Å². The van der Waals surface area contributed by atoms with Crippen LogP contribution in [-0.2, 0) is 6.67 Å². The van der Waals surface area contributed by atoms with Crippen LogP contribution in [0.2, 0.25) is 0 Å². The highest BCUT2D eigenvalue weighted by Gasteiger charge is 2.20. The lowest BCUT2D eigenvalue weighted by molar-refractivity contribution is 0.0513. The Morgan fingerprint density at radius 3 is 2.73 bits per heavy atom. The van der Waals surface area contributed by atoms with Gasteiger partial charge >= 0.3 is 0 Å². The molecule has 0 aliphatic carbocycles. The molecule has 6 nitrogen and oxygen atoms in total. The van der Waals surface area contributed by atoms with E-state index in [-0.39, 0.29) is 6.10 Å². The summed E-state index contributed by atoms with van der Waals surface area (Å²) in [4.78, 5) is 6.41. The molecule has 0 saturated carbocycles. The molecule has 0 spiro atoms. The van der Waals surface area contributed by atoms with Crippen molar-refractivity contribution in [3.05, 3.63) is 59.6 Å². The molecule has 3 aromatic rings. The number of likely N-dealkylation sites (tertiary alicyclic amines) is 1. The molecule has 4 rings (SSSR count). The lowest BCUT2D eigenvalue weighted by Crippen LogP contribution is -2.39. The first-order valence-electron chi connectivity index (χ1n) is 8.78. The number of rotatable bonds is 4. The Morgan fingerprint density at radius 2 is 2.00 bits per heavy atom. The molecule has 1 saturated heterocycles. The lowest BCUT2D eigenvalue weighted by atomic mass is 10.1. The molecule has 0 bridgehead atoms. The summed E-state index contributed by atoms with van der Waals surface area (Å²) in [5.41, 5.74) is 1.89. The minimum atomic E-state index is -0.271. The van der Waals surface area contributed by atoms with E-state index in [1.807, 2.05) is 51.7 Å². The second kappa shape index (κ2) is 7.49. The Balaban J connectivity index is 1.77. The molecule has 0 radical (unpaired) electrons. The summed E-state index contributed by atoms with van der Waals surface area (Å²) >= 11 is 5.75. The molecular weight excluding hydrogens is 346 g/mol. The molecule has 0 amide bonds. The fraction of sp³-hybridized carbons (Fsp3) is 0.316. The van der Waals surface area contributed by atoms with Crippen molar-refractivity contribution in [3.8, 4) is 17.1 Å². The zero-order valence-corrected chi connectivity index (χ0v) is 15.2. The molecule has 3 heterocycles. The number of benzene rings is 1. The molecule has 1 aliphatic heterocycles. The number of hydrogen-bond donors (Lipinski definition) is 1. The third kappa shape index (κ3) is 3.46. The highest BCUT2D eigenvalue weighted by Crippen LogP contribution is 2.22. The second-order valence-corrected chi connectivity index (χ2v) is 6.90. The van der Waals surface area contributed by atoms with Gasteiger partial charge in [-0.2, -0.15) is 0 Å². The Bertz CT molecular complexity index is 922. The molecule has 1 aromatic carbocycles. The number of aliphatic hydroxyl groups excluding tert-OH is 1. The average Bonchev–Trinajstić information content (AvgIpc) is 2.99. The number of piperidine rings is 1. The van der Waals surface area contributed by atoms with Gasteiger partial charge in [-0.3, -0.25) is 14.5 Å². The molecule has 2 aromatic heterocycles. The fourth-order valence-corrected chi connectivity index (χ4v) is 3.63. The summed E-state index contributed by atoms with van der Waals surface area (Å²) in [6, 6.07) is 13.9. The highest BCUT2D eigenvalue weighted by molar-refractivity contribution is 7.71. The molecule has 1 aliphatic rings. The zero-order valence-electron chi connectivity index (χ0n) is 14.4. The molecule has 1 fully saturated rings. The van der Waals surface area contributed by atoms with Crippen LogP contribution < -0.4 is 0 Å². The van der Waals surface area contributed by atoms with Gasteiger partial charge in [0.1, 0.15) is 0 Å². The van der Waals surface area contributed by atoms with E-state index >= 15 is 0 Å². The van der Waals surface area contributed by atoms with Gasteiger partial charge in [-0.1, -0.05) is 18.2 Å². The molecule has 1 N–H and O–H groups in total. The number of nitrogens with zero attached hydrogens (tertiary/aromatic N) is 5. The van der Waals surface area contributed by atoms with Crippen molar-refractivity contribution < 1.29 is 5.11 Å². The van der Waals surface area contributed by atoms with Crippen LogP contribution in [0.3, 0.4) is 0 Å². The van der Waals surface area contributed by atoms with Crippen LogP contribution in [0, 0.1) is 4.77 Å². The molecular formula is C19H21N5OS. The summed E-state index contributed by atoms with van der Waals surface area (Å²) < 4.78 is 4.45. The lowest BCUT2D eigenvalue weighted by Gasteiger charge is -2.29. The van der Waals surface area contributed by atoms with Gasteiger partial charge in [0.25, 0.3) is 0 Å². The van der Waals surface area contributed by atoms with Gasteiger partial charge in [-0.25, -0.2) is 4.68 Å². The van der Waals surface area contributed by atoms with Gasteiger partial charge in [0, 0.05) is 36.7 Å². The summed E-state index contributed by atoms with van der Waals surface area (Å²) in [7, 11) is 0. The van der Waals surface area contributed by atoms with Crippen molar-refractivity contribution in [2.45, 2.75) is 25.6 Å². The molecule has 134 valence electrons. The van der Waals surface area contributed by atoms with Crippen molar-refractivity contribution in [2.75, 3.05) is 13.1 Å². The molecule has 7 heteroatoms. The third-order valence-electron chi connectivity index (χ3n) is 4.59. The van der Waals surface area contributed by atoms with Crippen LogP contribution in [0.15, 0.2) is 54.9 Å². The standard InChI is InChI=1S/C19H21N5OS/c25-17-9-5-11-22(13-17)14-23-19(26)24(16-7-2-1-3-8-16)18(21-23)15-6-4-10-20-12-15/h1-4,6-8,10,12,17,25H,5,9,11,13-14H2/t17-/m0/s1. The second-order valence-electron chi connectivity index (χ2n) is 6.53. The predicted molar refractivity (Wildman–Crippen MR) is 102 cm³/mol. The Morgan fingerprint density at radius 1 is 1.15 bits per heavy atom. The maximum absolute atomic E-state index is 9.93. The van der Waals surface area contributed by atoms with Crippen molar-refractivity contribution in [1.82, 2.24) is 24.2 Å². The summed E-state index contributed by atoms with van der Waals surface area (Å²) in [5, 5.41) is 14.7. The van der Waals surface area contributed by atoms with E-state index in [2.05, 4.69) is 9.88 Å². The van der Waals surface area contributed by atoms with E-state index < -0.39 is 0 Å². The highest BCUT2D eigenvalue weighted by atomic mass is 32.1. The van der Waals surface area contributed by atoms with Gasteiger partial charge in [0.2, 0.25) is 4.77 Å². The van der Waals surface area contributed by atoms with Crippen molar-refractivity contribution in [3.63, 3.8) is 0 Å². The smallest absolute Gasteiger partial charge is 0.204 e. The Kier molecular flexibility index (Phi) is 4.92. The number of β-amino-alcohol motifs (C(OH)–C–C–N with tert-alkyl or cyclic N) is 1. The SMILES string of the molecule is O[C@H]1CCCN(Cn2nc(-c3cccnc3)n(-c3ccccc3)c2=S)C1. The first kappa shape index (κ1) is 17.1. The quantitative estimate of drug-likeness (QED) is 0.719. The van der Waals surface area contributed by atoms with E-state index in [4.69, 9.17) is 17.3 Å². The number of aromatic nitrogens is 4. The fourth-order valence-electron chi connectivity index (χ4n) is 3.34. The van der Waals surface area contributed by atoms with Gasteiger partial charge in [-0.15, -0.1) is 5.10 Å². The summed E-state index contributed by atoms with van der Waals surface area (Å²) in [5.74, 6) is 0.770. The van der Waals surface area contributed by atoms with Crippen molar-refractivity contribution in [1.29, 1.82) is 0 Å². The predicted octanol–water partition coefficient (Wildman–Crippen LogP) is 2.88. The number of aliphatic hydroxyl groups is 1. The van der Waals surface area contributed by atoms with Crippen LogP contribution in [0.4, 0.5) is 0 Å². The molecule has 26 heavy (non-hydrogen) atoms. The van der Waals surface area contributed by atoms with Crippen molar-refractivity contribution in [2.24, 2.45) is 0 Å². The Hall–Kier alpha value is -2.35. The van der Waals surface area contributed by atoms with E-state index in [0.29, 0.717) is 18.0 Å². The normalized spacial score (nSPS) is 18.1. The van der Waals surface area contributed by atoms with Crippen LogP contribution in [0.5, 0.6) is 0 Å². The van der Waals surface area contributed by atoms with Crippen LogP contribution in [0.25, 0.3) is 17.1 Å². The Labute approximate surface area is 157 Å². The number of para-hydroxylation sites is 1. The topological polar surface area (TPSA) is 59.1 Å². The molecule has 0 unspecified atom stereocenters. The van der Waals surface area contributed by atoms with Gasteiger partial charge < -0.3 is 5.11 Å². The monoisotopic (exact) mass is 367 g/mol. The third-order valence-corrected chi connectivity index (χ3v) is 4.98. The first-order valence-corrected chi connectivity index (χ1v) is 9.19. The minimum Gasteiger partial charge on any atom is -0.392 e. The largest absolute Gasteiger partial charge is 0.392 e. The molecule has 1 atom stereocenters. The van der Waals surface area contributed by atoms with E-state index in [0.717, 1.165) is 36.5 Å². The first-order chi connectivity index (χ1) is 12.7. The maximum Gasteiger partial charge on any atom is 0.204 e. The van der Waals surface area contributed by atoms with E-state index in [9.17, 15) is 5.11 Å². The van der Waals surface area contributed by atoms with Gasteiger partial charge in [-0.05, 0) is 49.3 Å². The van der Waals surface area contributed by atoms with E-state index in [1.54, 1.807) is 12.4 Å². The van der Waals surface area contributed by atoms with Crippen LogP contribution >= 0.6 is 12.2 Å². The number of pyridine rings is 1. The van der Waals surface area contributed by atoms with Gasteiger partial charge in [0.05, 0.1) is 12.8 Å².